The average molecular weight is 238 g/mol. The molecule has 0 amide bonds. The summed E-state index contributed by atoms with van der Waals surface area (Å²) in [6.45, 7) is 0. The number of rotatable bonds is 0. The van der Waals surface area contributed by atoms with Gasteiger partial charge in [0.15, 0.2) is 0 Å². The third-order valence-electron chi connectivity index (χ3n) is 10.5. The molecule has 8 aliphatic rings. The van der Waals surface area contributed by atoms with Crippen molar-refractivity contribution in [2.75, 3.05) is 0 Å². The molecule has 8 rings (SSSR count). The van der Waals surface area contributed by atoms with Gasteiger partial charge in [-0.3, -0.25) is 0 Å². The van der Waals surface area contributed by atoms with Crippen molar-refractivity contribution in [3.8, 4) is 0 Å². The molecular formula is C18H22. The van der Waals surface area contributed by atoms with Crippen molar-refractivity contribution in [2.24, 2.45) is 82.9 Å². The molecule has 8 fully saturated rings. The molecule has 18 heavy (non-hydrogen) atoms. The molecule has 0 aromatic heterocycles. The molecule has 0 aromatic rings. The van der Waals surface area contributed by atoms with Crippen LogP contribution in [0.1, 0.15) is 25.7 Å². The van der Waals surface area contributed by atoms with Gasteiger partial charge in [-0.25, -0.2) is 0 Å². The van der Waals surface area contributed by atoms with Crippen molar-refractivity contribution in [1.82, 2.24) is 0 Å². The van der Waals surface area contributed by atoms with E-state index in [0.29, 0.717) is 0 Å². The SMILES string of the molecule is C1C[C@H]2[C@@H]1[C@H]1C3C4C([C@H]3[C@@H]21)[C@H]1[C@@H]4[C@H]2[C@H]3CC[C@H]3[C@@H]12. The molecule has 0 aliphatic heterocycles. The average Bonchev–Trinajstić information content (AvgIpc) is 2.28. The Hall–Kier alpha value is 0. The van der Waals surface area contributed by atoms with Crippen molar-refractivity contribution in [1.29, 1.82) is 0 Å². The van der Waals surface area contributed by atoms with Crippen LogP contribution >= 0.6 is 0 Å². The molecule has 0 radical (unpaired) electrons. The zero-order valence-electron chi connectivity index (χ0n) is 10.9. The molecule has 0 heterocycles. The first kappa shape index (κ1) is 8.32. The van der Waals surface area contributed by atoms with E-state index < -0.39 is 0 Å². The fourth-order valence-corrected chi connectivity index (χ4v) is 10.1. The minimum absolute atomic E-state index is 1.27. The first-order chi connectivity index (χ1) is 8.97. The van der Waals surface area contributed by atoms with Crippen LogP contribution in [0.25, 0.3) is 0 Å². The number of hydrogen-bond acceptors (Lipinski definition) is 0. The zero-order chi connectivity index (χ0) is 10.9. The Morgan fingerprint density at radius 1 is 0.278 bits per heavy atom. The summed E-state index contributed by atoms with van der Waals surface area (Å²) >= 11 is 0. The van der Waals surface area contributed by atoms with Gasteiger partial charge in [0.1, 0.15) is 0 Å². The van der Waals surface area contributed by atoms with Gasteiger partial charge in [-0.15, -0.1) is 0 Å². The number of fused-ring (bicyclic) bond motifs is 19. The Morgan fingerprint density at radius 3 is 0.722 bits per heavy atom. The van der Waals surface area contributed by atoms with Gasteiger partial charge in [0.2, 0.25) is 0 Å². The summed E-state index contributed by atoms with van der Waals surface area (Å²) in [4.78, 5) is 0. The number of hydrogen-bond donors (Lipinski definition) is 0. The maximum Gasteiger partial charge on any atom is -0.0312 e. The quantitative estimate of drug-likeness (QED) is 0.568. The molecule has 8 aliphatic carbocycles. The minimum Gasteiger partial charge on any atom is -0.0496 e. The maximum absolute atomic E-state index is 1.64. The third kappa shape index (κ3) is 0.487. The monoisotopic (exact) mass is 238 g/mol. The van der Waals surface area contributed by atoms with Crippen LogP contribution in [-0.2, 0) is 0 Å². The van der Waals surface area contributed by atoms with Gasteiger partial charge in [-0.2, -0.15) is 0 Å². The second kappa shape index (κ2) is 2.06. The second-order valence-electron chi connectivity index (χ2n) is 9.58. The summed E-state index contributed by atoms with van der Waals surface area (Å²) in [6, 6.07) is 0. The predicted octanol–water partition coefficient (Wildman–Crippen LogP) is 3.28. The van der Waals surface area contributed by atoms with Crippen molar-refractivity contribution >= 4 is 0 Å². The normalized spacial score (nSPS) is 89.3. The molecule has 8 saturated carbocycles. The molecule has 0 spiro atoms. The lowest BCUT2D eigenvalue weighted by Crippen LogP contribution is -2.90. The Balaban J connectivity index is 1.17. The van der Waals surface area contributed by atoms with Crippen LogP contribution in [0.4, 0.5) is 0 Å². The van der Waals surface area contributed by atoms with E-state index >= 15 is 0 Å². The summed E-state index contributed by atoms with van der Waals surface area (Å²) in [5.41, 5.74) is 0. The second-order valence-corrected chi connectivity index (χ2v) is 9.58. The Kier molecular flexibility index (Phi) is 0.951. The van der Waals surface area contributed by atoms with E-state index in [9.17, 15) is 0 Å². The highest BCUT2D eigenvalue weighted by Gasteiger charge is 2.88. The molecule has 0 aromatic carbocycles. The molecular weight excluding hydrogens is 216 g/mol. The van der Waals surface area contributed by atoms with E-state index in [1.807, 2.05) is 0 Å². The van der Waals surface area contributed by atoms with Crippen LogP contribution in [0, 0.1) is 82.9 Å². The molecule has 0 saturated heterocycles. The lowest BCUT2D eigenvalue weighted by Gasteiger charge is -2.93. The van der Waals surface area contributed by atoms with E-state index in [-0.39, 0.29) is 0 Å². The molecule has 3 unspecified atom stereocenters. The first-order valence-corrected chi connectivity index (χ1v) is 8.97. The highest BCUT2D eigenvalue weighted by molar-refractivity contribution is 5.35. The Morgan fingerprint density at radius 2 is 0.500 bits per heavy atom. The van der Waals surface area contributed by atoms with Gasteiger partial charge in [0.25, 0.3) is 0 Å². The molecule has 0 N–H and O–H groups in total. The third-order valence-corrected chi connectivity index (χ3v) is 10.5. The maximum atomic E-state index is 1.64. The smallest absolute Gasteiger partial charge is 0.0312 e. The summed E-state index contributed by atoms with van der Waals surface area (Å²) < 4.78 is 0. The molecule has 94 valence electrons. The topological polar surface area (TPSA) is 0 Å². The van der Waals surface area contributed by atoms with E-state index in [1.54, 1.807) is 25.7 Å². The molecule has 0 nitrogen and oxygen atoms in total. The largest absolute Gasteiger partial charge is 0.0496 e. The van der Waals surface area contributed by atoms with Gasteiger partial charge in [-0.05, 0) is 109 Å². The predicted molar refractivity (Wildman–Crippen MR) is 67.3 cm³/mol. The van der Waals surface area contributed by atoms with Crippen molar-refractivity contribution in [3.05, 3.63) is 0 Å². The zero-order valence-corrected chi connectivity index (χ0v) is 10.9. The van der Waals surface area contributed by atoms with Crippen LogP contribution in [-0.4, -0.2) is 0 Å². The summed E-state index contributed by atoms with van der Waals surface area (Å²) in [5, 5.41) is 0. The first-order valence-electron chi connectivity index (χ1n) is 8.97. The van der Waals surface area contributed by atoms with E-state index in [4.69, 9.17) is 0 Å². The Labute approximate surface area is 109 Å². The highest BCUT2D eigenvalue weighted by atomic mass is 14.9. The minimum atomic E-state index is 1.27. The van der Waals surface area contributed by atoms with E-state index in [0.717, 1.165) is 0 Å². The van der Waals surface area contributed by atoms with Gasteiger partial charge in [0.05, 0.1) is 0 Å². The van der Waals surface area contributed by atoms with Crippen molar-refractivity contribution in [2.45, 2.75) is 25.7 Å². The van der Waals surface area contributed by atoms with Crippen LogP contribution in [0.3, 0.4) is 0 Å². The van der Waals surface area contributed by atoms with E-state index in [1.165, 1.54) is 82.9 Å². The Bertz CT molecular complexity index is 418. The molecule has 14 atom stereocenters. The van der Waals surface area contributed by atoms with Gasteiger partial charge >= 0.3 is 0 Å². The fraction of sp³-hybridized carbons (Fsp3) is 1.00. The van der Waals surface area contributed by atoms with Crippen LogP contribution in [0.2, 0.25) is 0 Å². The standard InChI is InChI=1S/C18H22/c1-2-6-5(1)9-10(6)14-13(9)17-15-11-7-3-4-8(7)12(11)16(15)18(14)17/h5-18H,1-4H2/t5-,6+,7+,8-,9-,10+,11+,12-,13-,14+,15+,16?,17?,18?/m1/s1. The molecule has 0 heteroatoms. The fourth-order valence-electron chi connectivity index (χ4n) is 10.1. The van der Waals surface area contributed by atoms with Crippen molar-refractivity contribution < 1.29 is 0 Å². The van der Waals surface area contributed by atoms with Crippen molar-refractivity contribution in [3.63, 3.8) is 0 Å². The van der Waals surface area contributed by atoms with Gasteiger partial charge in [0, 0.05) is 0 Å². The summed E-state index contributed by atoms with van der Waals surface area (Å²) in [7, 11) is 0. The van der Waals surface area contributed by atoms with Gasteiger partial charge < -0.3 is 0 Å². The van der Waals surface area contributed by atoms with Crippen LogP contribution < -0.4 is 0 Å². The summed E-state index contributed by atoms with van der Waals surface area (Å²) in [6.07, 6.45) is 6.54. The highest BCUT2D eigenvalue weighted by Crippen LogP contribution is 2.92. The lowest BCUT2D eigenvalue weighted by molar-refractivity contribution is -0.465. The molecule has 0 bridgehead atoms. The summed E-state index contributed by atoms with van der Waals surface area (Å²) in [5.74, 6) is 18.1. The van der Waals surface area contributed by atoms with Crippen LogP contribution in [0.5, 0.6) is 0 Å². The lowest BCUT2D eigenvalue weighted by atomic mass is 9.11. The van der Waals surface area contributed by atoms with Gasteiger partial charge in [-0.1, -0.05) is 0 Å². The van der Waals surface area contributed by atoms with E-state index in [2.05, 4.69) is 0 Å². The van der Waals surface area contributed by atoms with Crippen LogP contribution in [0.15, 0.2) is 0 Å².